The van der Waals surface area contributed by atoms with Gasteiger partial charge in [0.15, 0.2) is 0 Å². The fourth-order valence-electron chi connectivity index (χ4n) is 4.73. The first-order valence-electron chi connectivity index (χ1n) is 12.6. The number of hydrogen-bond donors (Lipinski definition) is 0. The zero-order valence-electron chi connectivity index (χ0n) is 21.6. The Bertz CT molecular complexity index is 1290. The Morgan fingerprint density at radius 3 is 2.39 bits per heavy atom. The van der Waals surface area contributed by atoms with Gasteiger partial charge in [-0.25, -0.2) is 8.78 Å². The second-order valence-electron chi connectivity index (χ2n) is 10.0. The van der Waals surface area contributed by atoms with Gasteiger partial charge in [-0.15, -0.1) is 0 Å². The number of likely N-dealkylation sites (tertiary alicyclic amines) is 1. The van der Waals surface area contributed by atoms with Crippen molar-refractivity contribution in [1.82, 2.24) is 9.80 Å². The minimum absolute atomic E-state index is 0.0194. The molecule has 38 heavy (non-hydrogen) atoms. The Kier molecular flexibility index (Phi) is 8.67. The Morgan fingerprint density at radius 2 is 1.74 bits per heavy atom. The van der Waals surface area contributed by atoms with Crippen LogP contribution in [-0.2, 0) is 11.3 Å². The molecule has 0 atom stereocenters. The lowest BCUT2D eigenvalue weighted by Crippen LogP contribution is -2.47. The molecule has 0 N–H and O–H groups in total. The molecular weight excluding hydrogens is 510 g/mol. The van der Waals surface area contributed by atoms with E-state index in [1.54, 1.807) is 29.0 Å². The van der Waals surface area contributed by atoms with Gasteiger partial charge in [-0.2, -0.15) is 0 Å². The van der Waals surface area contributed by atoms with Gasteiger partial charge in [-0.3, -0.25) is 9.59 Å². The molecule has 0 aliphatic carbocycles. The zero-order valence-corrected chi connectivity index (χ0v) is 22.3. The molecule has 1 aliphatic heterocycles. The van der Waals surface area contributed by atoms with Gasteiger partial charge in [0.25, 0.3) is 5.91 Å². The van der Waals surface area contributed by atoms with Crippen LogP contribution in [0.3, 0.4) is 0 Å². The van der Waals surface area contributed by atoms with Crippen LogP contribution < -0.4 is 4.74 Å². The molecule has 3 aromatic rings. The molecule has 1 heterocycles. The monoisotopic (exact) mass is 540 g/mol. The number of benzene rings is 3. The summed E-state index contributed by atoms with van der Waals surface area (Å²) >= 11 is 6.15. The van der Waals surface area contributed by atoms with Gasteiger partial charge >= 0.3 is 0 Å². The first kappa shape index (κ1) is 27.6. The highest BCUT2D eigenvalue weighted by atomic mass is 35.5. The number of nitrogens with zero attached hydrogens (tertiary/aromatic N) is 2. The third kappa shape index (κ3) is 6.70. The molecule has 5 nitrogen and oxygen atoms in total. The average Bonchev–Trinajstić information content (AvgIpc) is 2.90. The third-order valence-electron chi connectivity index (χ3n) is 7.16. The highest BCUT2D eigenvalue weighted by Crippen LogP contribution is 2.37. The van der Waals surface area contributed by atoms with Crippen LogP contribution in [0, 0.1) is 24.0 Å². The third-order valence-corrected chi connectivity index (χ3v) is 7.59. The minimum Gasteiger partial charge on any atom is -0.493 e. The number of ether oxygens (including phenoxy) is 1. The molecule has 1 aliphatic rings. The van der Waals surface area contributed by atoms with Crippen molar-refractivity contribution < 1.29 is 23.1 Å². The van der Waals surface area contributed by atoms with Crippen molar-refractivity contribution in [2.45, 2.75) is 32.7 Å². The Balaban J connectivity index is 1.48. The number of aryl methyl sites for hydroxylation is 1. The molecule has 1 fully saturated rings. The van der Waals surface area contributed by atoms with Gasteiger partial charge in [0.2, 0.25) is 5.91 Å². The summed E-state index contributed by atoms with van der Waals surface area (Å²) in [6.45, 7) is 3.32. The van der Waals surface area contributed by atoms with E-state index in [1.165, 1.54) is 6.07 Å². The van der Waals surface area contributed by atoms with Crippen molar-refractivity contribution in [2.75, 3.05) is 26.7 Å². The van der Waals surface area contributed by atoms with E-state index in [0.717, 1.165) is 17.2 Å². The quantitative estimate of drug-likeness (QED) is 0.338. The maximum Gasteiger partial charge on any atom is 0.256 e. The smallest absolute Gasteiger partial charge is 0.256 e. The number of piperidine rings is 1. The fraction of sp³-hybridized carbons (Fsp3) is 0.333. The minimum atomic E-state index is -0.883. The van der Waals surface area contributed by atoms with E-state index in [0.29, 0.717) is 49.3 Å². The number of rotatable bonds is 8. The van der Waals surface area contributed by atoms with Crippen LogP contribution in [0.4, 0.5) is 8.78 Å². The van der Waals surface area contributed by atoms with Crippen molar-refractivity contribution >= 4 is 23.4 Å². The van der Waals surface area contributed by atoms with E-state index in [1.807, 2.05) is 43.3 Å². The van der Waals surface area contributed by atoms with Crippen LogP contribution in [0.1, 0.15) is 40.7 Å². The van der Waals surface area contributed by atoms with E-state index in [-0.39, 0.29) is 24.5 Å². The Hall–Kier alpha value is -3.45. The van der Waals surface area contributed by atoms with E-state index in [2.05, 4.69) is 0 Å². The van der Waals surface area contributed by atoms with Crippen LogP contribution >= 0.6 is 11.6 Å². The standard InChI is InChI=1S/C30H31ClF2N2O3/c1-21-16-24(9-11-26(21)31)38-20-30(18-28(36)34(2)19-22-6-4-3-5-7-22)12-14-35(15-13-30)29(37)25-10-8-23(32)17-27(25)33/h3-11,16-17H,12-15,18-20H2,1-2H3. The largest absolute Gasteiger partial charge is 0.493 e. The summed E-state index contributed by atoms with van der Waals surface area (Å²) in [5.74, 6) is -1.47. The first-order valence-corrected chi connectivity index (χ1v) is 12.9. The van der Waals surface area contributed by atoms with Crippen LogP contribution in [-0.4, -0.2) is 48.4 Å². The molecule has 8 heteroatoms. The van der Waals surface area contributed by atoms with Gasteiger partial charge in [-0.1, -0.05) is 41.9 Å². The van der Waals surface area contributed by atoms with Crippen LogP contribution in [0.5, 0.6) is 5.75 Å². The zero-order chi connectivity index (χ0) is 27.3. The van der Waals surface area contributed by atoms with Crippen LogP contribution in [0.15, 0.2) is 66.7 Å². The summed E-state index contributed by atoms with van der Waals surface area (Å²) in [6, 6.07) is 18.1. The maximum absolute atomic E-state index is 14.3. The van der Waals surface area contributed by atoms with Crippen molar-refractivity contribution in [3.8, 4) is 5.75 Å². The summed E-state index contributed by atoms with van der Waals surface area (Å²) in [6.07, 6.45) is 1.24. The molecule has 4 rings (SSSR count). The van der Waals surface area contributed by atoms with E-state index in [4.69, 9.17) is 16.3 Å². The number of carbonyl (C=O) groups excluding carboxylic acids is 2. The van der Waals surface area contributed by atoms with Crippen molar-refractivity contribution in [2.24, 2.45) is 5.41 Å². The second-order valence-corrected chi connectivity index (χ2v) is 10.4. The molecule has 2 amide bonds. The molecule has 1 saturated heterocycles. The summed E-state index contributed by atoms with van der Waals surface area (Å²) in [7, 11) is 1.78. The molecule has 200 valence electrons. The number of carbonyl (C=O) groups is 2. The average molecular weight is 541 g/mol. The summed E-state index contributed by atoms with van der Waals surface area (Å²) in [5, 5.41) is 0.643. The molecule has 0 spiro atoms. The van der Waals surface area contributed by atoms with Gasteiger partial charge in [0.05, 0.1) is 12.2 Å². The predicted molar refractivity (Wildman–Crippen MR) is 143 cm³/mol. The van der Waals surface area contributed by atoms with Crippen molar-refractivity contribution in [3.05, 3.63) is 100 Å². The summed E-state index contributed by atoms with van der Waals surface area (Å²) in [4.78, 5) is 29.6. The number of amides is 2. The highest BCUT2D eigenvalue weighted by Gasteiger charge is 2.40. The number of halogens is 3. The van der Waals surface area contributed by atoms with E-state index >= 15 is 0 Å². The lowest BCUT2D eigenvalue weighted by atomic mass is 9.75. The Labute approximate surface area is 227 Å². The fourth-order valence-corrected chi connectivity index (χ4v) is 4.85. The molecule has 0 saturated carbocycles. The van der Waals surface area contributed by atoms with Crippen molar-refractivity contribution in [1.29, 1.82) is 0 Å². The predicted octanol–water partition coefficient (Wildman–Crippen LogP) is 6.28. The number of hydrogen-bond acceptors (Lipinski definition) is 3. The molecular formula is C30H31ClF2N2O3. The molecule has 0 radical (unpaired) electrons. The van der Waals surface area contributed by atoms with Gasteiger partial charge in [-0.05, 0) is 61.2 Å². The molecule has 0 aromatic heterocycles. The molecule has 0 bridgehead atoms. The van der Waals surface area contributed by atoms with Gasteiger partial charge < -0.3 is 14.5 Å². The Morgan fingerprint density at radius 1 is 1.03 bits per heavy atom. The normalized spacial score (nSPS) is 14.7. The molecule has 3 aromatic carbocycles. The van der Waals surface area contributed by atoms with Crippen LogP contribution in [0.2, 0.25) is 5.02 Å². The van der Waals surface area contributed by atoms with Crippen LogP contribution in [0.25, 0.3) is 0 Å². The SMILES string of the molecule is Cc1cc(OCC2(CC(=O)N(C)Cc3ccccc3)CCN(C(=O)c3ccc(F)cc3F)CC2)ccc1Cl. The molecule has 0 unspecified atom stereocenters. The van der Waals surface area contributed by atoms with E-state index in [9.17, 15) is 18.4 Å². The first-order chi connectivity index (χ1) is 18.2. The summed E-state index contributed by atoms with van der Waals surface area (Å²) in [5.41, 5.74) is 1.24. The lowest BCUT2D eigenvalue weighted by molar-refractivity contribution is -0.134. The van der Waals surface area contributed by atoms with E-state index < -0.39 is 23.0 Å². The van der Waals surface area contributed by atoms with Gasteiger partial charge in [0, 0.05) is 49.6 Å². The lowest BCUT2D eigenvalue weighted by Gasteiger charge is -2.42. The topological polar surface area (TPSA) is 49.9 Å². The van der Waals surface area contributed by atoms with Gasteiger partial charge in [0.1, 0.15) is 17.4 Å². The van der Waals surface area contributed by atoms with Crippen molar-refractivity contribution in [3.63, 3.8) is 0 Å². The highest BCUT2D eigenvalue weighted by molar-refractivity contribution is 6.31. The summed E-state index contributed by atoms with van der Waals surface area (Å²) < 4.78 is 33.7. The second kappa shape index (κ2) is 11.9. The maximum atomic E-state index is 14.3.